The van der Waals surface area contributed by atoms with E-state index in [0.717, 1.165) is 55.8 Å². The number of Topliss-reactive ketones (excluding diaryl/α,β-unsaturated/α-hetero) is 1. The van der Waals surface area contributed by atoms with Crippen LogP contribution in [0, 0.1) is 0 Å². The van der Waals surface area contributed by atoms with E-state index in [2.05, 4.69) is 23.7 Å². The third kappa shape index (κ3) is 5.91. The van der Waals surface area contributed by atoms with E-state index in [9.17, 15) is 9.59 Å². The first kappa shape index (κ1) is 27.8. The predicted octanol–water partition coefficient (Wildman–Crippen LogP) is 7.31. The Bertz CT molecular complexity index is 1340. The highest BCUT2D eigenvalue weighted by Crippen LogP contribution is 2.34. The molecule has 5 rings (SSSR count). The Balaban J connectivity index is 1.31. The van der Waals surface area contributed by atoms with E-state index in [4.69, 9.17) is 16.3 Å². The fourth-order valence-corrected chi connectivity index (χ4v) is 6.04. The number of likely N-dealkylation sites (tertiary alicyclic amines) is 1. The Morgan fingerprint density at radius 2 is 1.79 bits per heavy atom. The Morgan fingerprint density at radius 3 is 2.49 bits per heavy atom. The molecule has 1 saturated heterocycles. The average Bonchev–Trinajstić information content (AvgIpc) is 3.60. The van der Waals surface area contributed by atoms with Gasteiger partial charge in [-0.2, -0.15) is 4.39 Å². The molecule has 6 nitrogen and oxygen atoms in total. The van der Waals surface area contributed by atoms with Crippen molar-refractivity contribution < 1.29 is 18.7 Å². The number of aromatic nitrogens is 1. The molecule has 1 unspecified atom stereocenters. The van der Waals surface area contributed by atoms with Gasteiger partial charge in [-0.15, -0.1) is 0 Å². The van der Waals surface area contributed by atoms with E-state index in [-0.39, 0.29) is 24.5 Å². The van der Waals surface area contributed by atoms with Gasteiger partial charge in [0, 0.05) is 42.7 Å². The summed E-state index contributed by atoms with van der Waals surface area (Å²) in [5, 5.41) is 4.06. The Morgan fingerprint density at radius 1 is 1.08 bits per heavy atom. The number of hydrogen-bond acceptors (Lipinski definition) is 4. The monoisotopic (exact) mass is 553 g/mol. The van der Waals surface area contributed by atoms with Crippen LogP contribution >= 0.6 is 11.6 Å². The number of nitrogens with zero attached hydrogens (tertiary/aromatic N) is 2. The number of benzene rings is 2. The van der Waals surface area contributed by atoms with Crippen LogP contribution in [0.1, 0.15) is 80.8 Å². The van der Waals surface area contributed by atoms with Gasteiger partial charge in [0.25, 0.3) is 5.91 Å². The van der Waals surface area contributed by atoms with Gasteiger partial charge in [0.15, 0.2) is 0 Å². The van der Waals surface area contributed by atoms with E-state index in [1.54, 1.807) is 23.1 Å². The van der Waals surface area contributed by atoms with Crippen LogP contribution in [0.15, 0.2) is 48.7 Å². The number of nitrogens with one attached hydrogen (secondary N) is 1. The summed E-state index contributed by atoms with van der Waals surface area (Å²) in [6.07, 6.45) is 7.85. The number of alkyl halides is 1. The summed E-state index contributed by atoms with van der Waals surface area (Å²) in [4.78, 5) is 28.2. The molecule has 1 aliphatic carbocycles. The lowest BCUT2D eigenvalue weighted by molar-refractivity contribution is -0.251. The van der Waals surface area contributed by atoms with Crippen LogP contribution in [0.5, 0.6) is 0 Å². The summed E-state index contributed by atoms with van der Waals surface area (Å²) in [7, 11) is 0. The molecule has 1 aromatic heterocycles. The summed E-state index contributed by atoms with van der Waals surface area (Å²) in [6.45, 7) is 5.16. The highest BCUT2D eigenvalue weighted by atomic mass is 35.5. The third-order valence-corrected chi connectivity index (χ3v) is 8.23. The SMILES string of the molecule is CC(C)n1cc(C(=O)Nc2ccc(CC(=O)C(F)(OC3CCCCC3)N3CCCC3)cc2Cl)c2ccccc21. The second kappa shape index (κ2) is 11.8. The van der Waals surface area contributed by atoms with Gasteiger partial charge in [0.2, 0.25) is 5.78 Å². The lowest BCUT2D eigenvalue weighted by atomic mass is 9.97. The Hall–Kier alpha value is -2.74. The fraction of sp³-hybridized carbons (Fsp3) is 0.484. The van der Waals surface area contributed by atoms with Gasteiger partial charge >= 0.3 is 5.98 Å². The van der Waals surface area contributed by atoms with Crippen molar-refractivity contribution in [2.45, 2.75) is 83.3 Å². The van der Waals surface area contributed by atoms with Crippen LogP contribution in [0.25, 0.3) is 10.9 Å². The van der Waals surface area contributed by atoms with Crippen LogP contribution in [0.4, 0.5) is 10.1 Å². The largest absolute Gasteiger partial charge is 0.344 e. The lowest BCUT2D eigenvalue weighted by Gasteiger charge is -2.37. The van der Waals surface area contributed by atoms with Gasteiger partial charge in [-0.25, -0.2) is 4.90 Å². The number of halogens is 2. The van der Waals surface area contributed by atoms with Crippen molar-refractivity contribution in [3.63, 3.8) is 0 Å². The molecule has 2 heterocycles. The number of hydrogen-bond donors (Lipinski definition) is 1. The maximum Gasteiger partial charge on any atom is 0.330 e. The number of carbonyl (C=O) groups is 2. The number of rotatable bonds is 9. The van der Waals surface area contributed by atoms with Crippen molar-refractivity contribution in [1.82, 2.24) is 9.47 Å². The van der Waals surface area contributed by atoms with Crippen LogP contribution in [-0.4, -0.2) is 46.3 Å². The summed E-state index contributed by atoms with van der Waals surface area (Å²) in [5.41, 5.74) is 2.56. The number of fused-ring (bicyclic) bond motifs is 1. The zero-order valence-corrected chi connectivity index (χ0v) is 23.5. The standard InChI is InChI=1S/C31H37ClFN3O3/c1-21(2)36-20-25(24-12-6-7-13-28(24)36)30(38)34-27-15-14-22(18-26(27)32)19-29(37)31(33,35-16-8-9-17-35)39-23-10-4-3-5-11-23/h6-7,12-15,18,20-21,23H,3-5,8-11,16-17,19H2,1-2H3,(H,34,38). The van der Waals surface area contributed by atoms with E-state index in [0.29, 0.717) is 34.9 Å². The lowest BCUT2D eigenvalue weighted by Crippen LogP contribution is -2.54. The molecule has 8 heteroatoms. The first-order valence-electron chi connectivity index (χ1n) is 14.1. The molecule has 1 atom stereocenters. The maximum atomic E-state index is 16.3. The minimum Gasteiger partial charge on any atom is -0.344 e. The van der Waals surface area contributed by atoms with E-state index in [1.165, 1.54) is 0 Å². The fourth-order valence-electron chi connectivity index (χ4n) is 5.79. The molecular formula is C31H37ClFN3O3. The number of carbonyl (C=O) groups excluding carboxylic acids is 2. The summed E-state index contributed by atoms with van der Waals surface area (Å²) < 4.78 is 24.3. The molecule has 0 bridgehead atoms. The van der Waals surface area contributed by atoms with E-state index in [1.807, 2.05) is 30.5 Å². The van der Waals surface area contributed by atoms with Crippen molar-refractivity contribution in [2.75, 3.05) is 18.4 Å². The first-order chi connectivity index (χ1) is 18.8. The summed E-state index contributed by atoms with van der Waals surface area (Å²) in [5.74, 6) is -3.30. The predicted molar refractivity (Wildman–Crippen MR) is 153 cm³/mol. The highest BCUT2D eigenvalue weighted by molar-refractivity contribution is 6.34. The molecule has 2 fully saturated rings. The first-order valence-corrected chi connectivity index (χ1v) is 14.5. The Kier molecular flexibility index (Phi) is 8.40. The van der Waals surface area contributed by atoms with Crippen molar-refractivity contribution in [3.05, 3.63) is 64.8 Å². The number of anilines is 1. The topological polar surface area (TPSA) is 63.6 Å². The molecule has 2 aromatic carbocycles. The summed E-state index contributed by atoms with van der Waals surface area (Å²) >= 11 is 6.55. The average molecular weight is 554 g/mol. The van der Waals surface area contributed by atoms with Crippen LogP contribution in [-0.2, 0) is 16.0 Å². The van der Waals surface area contributed by atoms with Crippen molar-refractivity contribution in [3.8, 4) is 0 Å². The zero-order chi connectivity index (χ0) is 27.6. The molecule has 208 valence electrons. The minimum atomic E-state index is -2.43. The highest BCUT2D eigenvalue weighted by Gasteiger charge is 2.48. The van der Waals surface area contributed by atoms with Gasteiger partial charge in [-0.3, -0.25) is 9.59 Å². The molecule has 1 saturated carbocycles. The molecule has 3 aromatic rings. The number of ether oxygens (including phenoxy) is 1. The number of amides is 1. The van der Waals surface area contributed by atoms with Crippen molar-refractivity contribution in [2.24, 2.45) is 0 Å². The summed E-state index contributed by atoms with van der Waals surface area (Å²) in [6, 6.07) is 13.0. The zero-order valence-electron chi connectivity index (χ0n) is 22.7. The molecule has 2 aliphatic rings. The second-order valence-electron chi connectivity index (χ2n) is 11.1. The van der Waals surface area contributed by atoms with Gasteiger partial charge in [0.05, 0.1) is 22.4 Å². The quantitative estimate of drug-likeness (QED) is 0.282. The number of ketones is 1. The van der Waals surface area contributed by atoms with Crippen LogP contribution < -0.4 is 5.32 Å². The van der Waals surface area contributed by atoms with E-state index < -0.39 is 11.8 Å². The second-order valence-corrected chi connectivity index (χ2v) is 11.5. The van der Waals surface area contributed by atoms with Crippen molar-refractivity contribution >= 4 is 39.9 Å². The molecule has 0 radical (unpaired) electrons. The third-order valence-electron chi connectivity index (χ3n) is 7.92. The number of para-hydroxylation sites is 1. The van der Waals surface area contributed by atoms with Gasteiger partial charge in [-0.05, 0) is 63.3 Å². The van der Waals surface area contributed by atoms with Crippen molar-refractivity contribution in [1.29, 1.82) is 0 Å². The maximum absolute atomic E-state index is 16.3. The van der Waals surface area contributed by atoms with Gasteiger partial charge < -0.3 is 14.6 Å². The van der Waals surface area contributed by atoms with Crippen LogP contribution in [0.3, 0.4) is 0 Å². The minimum absolute atomic E-state index is 0.143. The smallest absolute Gasteiger partial charge is 0.330 e. The normalized spacial score (nSPS) is 18.5. The molecule has 0 spiro atoms. The molecule has 1 amide bonds. The van der Waals surface area contributed by atoms with Gasteiger partial charge in [-0.1, -0.05) is 55.1 Å². The Labute approximate surface area is 234 Å². The van der Waals surface area contributed by atoms with Crippen LogP contribution in [0.2, 0.25) is 5.02 Å². The molecule has 1 aliphatic heterocycles. The molecule has 39 heavy (non-hydrogen) atoms. The van der Waals surface area contributed by atoms with Gasteiger partial charge in [0.1, 0.15) is 0 Å². The molecule has 1 N–H and O–H groups in total. The molecular weight excluding hydrogens is 517 g/mol. The van der Waals surface area contributed by atoms with E-state index >= 15 is 4.39 Å².